The molecular formula is C10H16N2. The van der Waals surface area contributed by atoms with Gasteiger partial charge in [0.25, 0.3) is 0 Å². The number of unbranched alkanes of at least 4 members (excludes halogenated alkanes) is 1. The van der Waals surface area contributed by atoms with Crippen LogP contribution in [0.15, 0.2) is 12.3 Å². The Morgan fingerprint density at radius 2 is 2.42 bits per heavy atom. The molecule has 2 heteroatoms. The molecule has 0 amide bonds. The fourth-order valence-electron chi connectivity index (χ4n) is 1.56. The summed E-state index contributed by atoms with van der Waals surface area (Å²) in [5, 5.41) is 4.33. The van der Waals surface area contributed by atoms with Crippen molar-refractivity contribution in [1.29, 1.82) is 0 Å². The molecule has 0 aliphatic heterocycles. The van der Waals surface area contributed by atoms with Crippen LogP contribution in [0.5, 0.6) is 0 Å². The summed E-state index contributed by atoms with van der Waals surface area (Å²) in [7, 11) is 0. The minimum atomic E-state index is 0.837. The SMILES string of the molecule is CCCCn1nccc1C1CC1. The molecule has 0 aromatic carbocycles. The zero-order valence-corrected chi connectivity index (χ0v) is 7.66. The molecule has 1 heterocycles. The van der Waals surface area contributed by atoms with Crippen LogP contribution in [-0.2, 0) is 6.54 Å². The predicted octanol–water partition coefficient (Wildman–Crippen LogP) is 2.56. The van der Waals surface area contributed by atoms with E-state index in [1.165, 1.54) is 31.4 Å². The Morgan fingerprint density at radius 3 is 3.08 bits per heavy atom. The van der Waals surface area contributed by atoms with E-state index in [0.29, 0.717) is 0 Å². The van der Waals surface area contributed by atoms with Crippen molar-refractivity contribution in [2.45, 2.75) is 45.1 Å². The van der Waals surface area contributed by atoms with Crippen molar-refractivity contribution in [2.75, 3.05) is 0 Å². The first kappa shape index (κ1) is 7.84. The maximum Gasteiger partial charge on any atom is 0.0492 e. The molecule has 12 heavy (non-hydrogen) atoms. The van der Waals surface area contributed by atoms with Crippen LogP contribution in [0.2, 0.25) is 0 Å². The van der Waals surface area contributed by atoms with Gasteiger partial charge in [-0.25, -0.2) is 0 Å². The first-order chi connectivity index (χ1) is 5.92. The van der Waals surface area contributed by atoms with Gasteiger partial charge in [0.2, 0.25) is 0 Å². The summed E-state index contributed by atoms with van der Waals surface area (Å²) >= 11 is 0. The molecule has 1 aliphatic rings. The van der Waals surface area contributed by atoms with Crippen LogP contribution in [0.3, 0.4) is 0 Å². The van der Waals surface area contributed by atoms with Crippen LogP contribution in [0.25, 0.3) is 0 Å². The van der Waals surface area contributed by atoms with Crippen molar-refractivity contribution in [3.8, 4) is 0 Å². The highest BCUT2D eigenvalue weighted by molar-refractivity contribution is 5.13. The molecule has 0 saturated heterocycles. The Labute approximate surface area is 73.6 Å². The summed E-state index contributed by atoms with van der Waals surface area (Å²) in [6.07, 6.45) is 7.18. The van der Waals surface area contributed by atoms with Gasteiger partial charge < -0.3 is 0 Å². The lowest BCUT2D eigenvalue weighted by Gasteiger charge is -2.04. The quantitative estimate of drug-likeness (QED) is 0.668. The Hall–Kier alpha value is -0.790. The Kier molecular flexibility index (Phi) is 2.15. The molecule has 1 aliphatic carbocycles. The second-order valence-electron chi connectivity index (χ2n) is 3.61. The van der Waals surface area contributed by atoms with Gasteiger partial charge in [0.15, 0.2) is 0 Å². The van der Waals surface area contributed by atoms with Gasteiger partial charge in [0, 0.05) is 24.4 Å². The predicted molar refractivity (Wildman–Crippen MR) is 49.1 cm³/mol. The van der Waals surface area contributed by atoms with Crippen molar-refractivity contribution in [1.82, 2.24) is 9.78 Å². The fraction of sp³-hybridized carbons (Fsp3) is 0.700. The van der Waals surface area contributed by atoms with E-state index in [0.717, 1.165) is 12.5 Å². The maximum atomic E-state index is 4.33. The second-order valence-corrected chi connectivity index (χ2v) is 3.61. The van der Waals surface area contributed by atoms with Crippen LogP contribution in [0.1, 0.15) is 44.2 Å². The number of aryl methyl sites for hydroxylation is 1. The molecule has 1 saturated carbocycles. The van der Waals surface area contributed by atoms with Crippen LogP contribution >= 0.6 is 0 Å². The number of hydrogen-bond donors (Lipinski definition) is 0. The highest BCUT2D eigenvalue weighted by atomic mass is 15.3. The summed E-state index contributed by atoms with van der Waals surface area (Å²) in [6.45, 7) is 3.33. The normalized spacial score (nSPS) is 16.8. The first-order valence-electron chi connectivity index (χ1n) is 4.93. The summed E-state index contributed by atoms with van der Waals surface area (Å²) in [5.74, 6) is 0.837. The lowest BCUT2D eigenvalue weighted by molar-refractivity contribution is 0.549. The minimum Gasteiger partial charge on any atom is -0.269 e. The third-order valence-electron chi connectivity index (χ3n) is 2.47. The van der Waals surface area contributed by atoms with Crippen molar-refractivity contribution in [2.24, 2.45) is 0 Å². The fourth-order valence-corrected chi connectivity index (χ4v) is 1.56. The summed E-state index contributed by atoms with van der Waals surface area (Å²) < 4.78 is 2.18. The highest BCUT2D eigenvalue weighted by Crippen LogP contribution is 2.39. The van der Waals surface area contributed by atoms with E-state index < -0.39 is 0 Å². The molecular weight excluding hydrogens is 148 g/mol. The van der Waals surface area contributed by atoms with E-state index in [-0.39, 0.29) is 0 Å². The van der Waals surface area contributed by atoms with E-state index in [4.69, 9.17) is 0 Å². The molecule has 2 rings (SSSR count). The minimum absolute atomic E-state index is 0.837. The van der Waals surface area contributed by atoms with Crippen LogP contribution in [-0.4, -0.2) is 9.78 Å². The highest BCUT2D eigenvalue weighted by Gasteiger charge is 2.26. The van der Waals surface area contributed by atoms with Gasteiger partial charge in [0.1, 0.15) is 0 Å². The molecule has 0 unspecified atom stereocenters. The number of rotatable bonds is 4. The molecule has 1 aromatic heterocycles. The topological polar surface area (TPSA) is 17.8 Å². The zero-order chi connectivity index (χ0) is 8.39. The van der Waals surface area contributed by atoms with Gasteiger partial charge in [-0.3, -0.25) is 4.68 Å². The van der Waals surface area contributed by atoms with Crippen molar-refractivity contribution >= 4 is 0 Å². The number of hydrogen-bond acceptors (Lipinski definition) is 1. The van der Waals surface area contributed by atoms with Crippen molar-refractivity contribution < 1.29 is 0 Å². The average Bonchev–Trinajstić information content (AvgIpc) is 2.83. The molecule has 0 atom stereocenters. The molecule has 0 radical (unpaired) electrons. The largest absolute Gasteiger partial charge is 0.269 e. The Morgan fingerprint density at radius 1 is 1.58 bits per heavy atom. The van der Waals surface area contributed by atoms with E-state index in [1.54, 1.807) is 0 Å². The standard InChI is InChI=1S/C10H16N2/c1-2-3-8-12-10(6-7-11-12)9-4-5-9/h6-7,9H,2-5,8H2,1H3. The average molecular weight is 164 g/mol. The smallest absolute Gasteiger partial charge is 0.0492 e. The molecule has 2 nitrogen and oxygen atoms in total. The lowest BCUT2D eigenvalue weighted by atomic mass is 10.3. The van der Waals surface area contributed by atoms with Gasteiger partial charge in [0.05, 0.1) is 0 Å². The van der Waals surface area contributed by atoms with Crippen LogP contribution < -0.4 is 0 Å². The van der Waals surface area contributed by atoms with Gasteiger partial charge in [-0.1, -0.05) is 13.3 Å². The number of aromatic nitrogens is 2. The third kappa shape index (κ3) is 1.52. The monoisotopic (exact) mass is 164 g/mol. The van der Waals surface area contributed by atoms with E-state index in [2.05, 4.69) is 22.8 Å². The molecule has 0 N–H and O–H groups in total. The molecule has 66 valence electrons. The lowest BCUT2D eigenvalue weighted by Crippen LogP contribution is -2.03. The van der Waals surface area contributed by atoms with E-state index >= 15 is 0 Å². The summed E-state index contributed by atoms with van der Waals surface area (Å²) in [5.41, 5.74) is 1.46. The van der Waals surface area contributed by atoms with Gasteiger partial charge in [-0.2, -0.15) is 5.10 Å². The second kappa shape index (κ2) is 3.30. The third-order valence-corrected chi connectivity index (χ3v) is 2.47. The van der Waals surface area contributed by atoms with Crippen LogP contribution in [0.4, 0.5) is 0 Å². The van der Waals surface area contributed by atoms with E-state index in [9.17, 15) is 0 Å². The molecule has 1 fully saturated rings. The molecule has 0 bridgehead atoms. The maximum absolute atomic E-state index is 4.33. The van der Waals surface area contributed by atoms with Crippen molar-refractivity contribution in [3.05, 3.63) is 18.0 Å². The van der Waals surface area contributed by atoms with E-state index in [1.807, 2.05) is 6.20 Å². The zero-order valence-electron chi connectivity index (χ0n) is 7.66. The Balaban J connectivity index is 2.03. The molecule has 0 spiro atoms. The Bertz CT molecular complexity index is 248. The summed E-state index contributed by atoms with van der Waals surface area (Å²) in [6, 6.07) is 2.17. The summed E-state index contributed by atoms with van der Waals surface area (Å²) in [4.78, 5) is 0. The first-order valence-corrected chi connectivity index (χ1v) is 4.93. The van der Waals surface area contributed by atoms with Crippen LogP contribution in [0, 0.1) is 0 Å². The number of nitrogens with zero attached hydrogens (tertiary/aromatic N) is 2. The van der Waals surface area contributed by atoms with Gasteiger partial charge in [-0.15, -0.1) is 0 Å². The van der Waals surface area contributed by atoms with Crippen molar-refractivity contribution in [3.63, 3.8) is 0 Å². The van der Waals surface area contributed by atoms with Gasteiger partial charge >= 0.3 is 0 Å². The molecule has 1 aromatic rings. The van der Waals surface area contributed by atoms with Gasteiger partial charge in [-0.05, 0) is 25.3 Å².